The van der Waals surface area contributed by atoms with Crippen molar-refractivity contribution in [3.8, 4) is 12.3 Å². The van der Waals surface area contributed by atoms with Crippen LogP contribution in [0.25, 0.3) is 0 Å². The minimum absolute atomic E-state index is 0.0463. The van der Waals surface area contributed by atoms with Gasteiger partial charge in [0.2, 0.25) is 18.2 Å². The SMILES string of the molecule is C#Cc1ccc(CNC=O)cc1.CC(C)(C)CC(=O)N1CCC(O)C1.CNC(=O)CCl. The normalized spacial score (nSPS) is 14.7. The second-order valence-corrected chi connectivity index (χ2v) is 8.43. The van der Waals surface area contributed by atoms with Crippen LogP contribution in [-0.2, 0) is 20.9 Å². The molecule has 1 fully saturated rings. The molecule has 172 valence electrons. The lowest BCUT2D eigenvalue weighted by Gasteiger charge is -2.22. The van der Waals surface area contributed by atoms with E-state index in [0.29, 0.717) is 25.9 Å². The summed E-state index contributed by atoms with van der Waals surface area (Å²) in [7, 11) is 1.55. The number of β-amino-alcohol motifs (C(OH)–C–C–N with tert-alkyl or cyclic N) is 1. The number of hydrogen-bond acceptors (Lipinski definition) is 4. The largest absolute Gasteiger partial charge is 0.391 e. The van der Waals surface area contributed by atoms with Gasteiger partial charge in [0.15, 0.2) is 0 Å². The van der Waals surface area contributed by atoms with Crippen molar-refractivity contribution < 1.29 is 19.5 Å². The Morgan fingerprint density at radius 1 is 1.32 bits per heavy atom. The van der Waals surface area contributed by atoms with Crippen LogP contribution in [-0.4, -0.2) is 60.4 Å². The van der Waals surface area contributed by atoms with Gasteiger partial charge < -0.3 is 20.6 Å². The molecule has 2 rings (SSSR count). The van der Waals surface area contributed by atoms with Crippen molar-refractivity contribution in [3.63, 3.8) is 0 Å². The maximum Gasteiger partial charge on any atom is 0.234 e. The van der Waals surface area contributed by atoms with E-state index < -0.39 is 0 Å². The summed E-state index contributed by atoms with van der Waals surface area (Å²) < 4.78 is 0. The highest BCUT2D eigenvalue weighted by Gasteiger charge is 2.27. The highest BCUT2D eigenvalue weighted by Crippen LogP contribution is 2.21. The number of halogens is 1. The number of carbonyl (C=O) groups is 3. The molecule has 0 bridgehead atoms. The molecule has 1 atom stereocenters. The molecule has 3 N–H and O–H groups in total. The van der Waals surface area contributed by atoms with Crippen LogP contribution >= 0.6 is 11.6 Å². The molecule has 0 aromatic heterocycles. The summed E-state index contributed by atoms with van der Waals surface area (Å²) >= 11 is 5.04. The number of rotatable bonds is 5. The molecule has 0 saturated carbocycles. The van der Waals surface area contributed by atoms with Crippen LogP contribution in [0.4, 0.5) is 0 Å². The first kappa shape index (κ1) is 28.4. The van der Waals surface area contributed by atoms with Gasteiger partial charge >= 0.3 is 0 Å². The monoisotopic (exact) mass is 451 g/mol. The fourth-order valence-electron chi connectivity index (χ4n) is 2.48. The molecule has 1 aromatic rings. The van der Waals surface area contributed by atoms with Crippen molar-refractivity contribution in [2.24, 2.45) is 5.41 Å². The number of likely N-dealkylation sites (tertiary alicyclic amines) is 1. The summed E-state index contributed by atoms with van der Waals surface area (Å²) in [4.78, 5) is 33.3. The number of aliphatic hydroxyl groups is 1. The van der Waals surface area contributed by atoms with E-state index in [9.17, 15) is 19.5 Å². The average molecular weight is 452 g/mol. The molecule has 1 aromatic carbocycles. The first-order valence-electron chi connectivity index (χ1n) is 10.0. The Morgan fingerprint density at radius 3 is 2.29 bits per heavy atom. The third-order valence-electron chi connectivity index (χ3n) is 4.11. The molecule has 0 aliphatic carbocycles. The summed E-state index contributed by atoms with van der Waals surface area (Å²) in [5, 5.41) is 14.2. The van der Waals surface area contributed by atoms with Crippen LogP contribution < -0.4 is 10.6 Å². The van der Waals surface area contributed by atoms with Gasteiger partial charge in [0.25, 0.3) is 0 Å². The van der Waals surface area contributed by atoms with E-state index in [0.717, 1.165) is 24.1 Å². The first-order valence-corrected chi connectivity index (χ1v) is 10.5. The Balaban J connectivity index is 0.000000466. The average Bonchev–Trinajstić information content (AvgIpc) is 3.18. The van der Waals surface area contributed by atoms with Crippen molar-refractivity contribution in [2.75, 3.05) is 26.0 Å². The third-order valence-corrected chi connectivity index (χ3v) is 4.35. The van der Waals surface area contributed by atoms with Gasteiger partial charge in [-0.3, -0.25) is 14.4 Å². The van der Waals surface area contributed by atoms with Crippen molar-refractivity contribution in [1.29, 1.82) is 0 Å². The Bertz CT molecular complexity index is 718. The Kier molecular flexibility index (Phi) is 14.0. The molecule has 0 spiro atoms. The zero-order valence-electron chi connectivity index (χ0n) is 18.8. The standard InChI is InChI=1S/C10H19NO2.C10H9NO.C3H6ClNO/c1-10(2,3)6-9(13)11-5-4-8(12)7-11;1-2-9-3-5-10(6-4-9)7-11-8-12;1-5-3(6)2-4/h8,12H,4-7H2,1-3H3;1,3-6,8H,7H2,(H,11,12);2H2,1H3,(H,5,6). The van der Waals surface area contributed by atoms with Gasteiger partial charge in [-0.05, 0) is 29.5 Å². The van der Waals surface area contributed by atoms with E-state index in [4.69, 9.17) is 18.0 Å². The van der Waals surface area contributed by atoms with Crippen LogP contribution in [0, 0.1) is 17.8 Å². The molecule has 1 saturated heterocycles. The molecular weight excluding hydrogens is 418 g/mol. The summed E-state index contributed by atoms with van der Waals surface area (Å²) in [5.41, 5.74) is 1.94. The summed E-state index contributed by atoms with van der Waals surface area (Å²) in [5.74, 6) is 2.60. The van der Waals surface area contributed by atoms with Crippen LogP contribution in [0.2, 0.25) is 0 Å². The predicted molar refractivity (Wildman–Crippen MR) is 123 cm³/mol. The number of nitrogens with zero attached hydrogens (tertiary/aromatic N) is 1. The molecule has 8 heteroatoms. The molecule has 7 nitrogen and oxygen atoms in total. The van der Waals surface area contributed by atoms with E-state index in [-0.39, 0.29) is 29.2 Å². The van der Waals surface area contributed by atoms with Gasteiger partial charge in [-0.15, -0.1) is 18.0 Å². The Morgan fingerprint density at radius 2 is 1.94 bits per heavy atom. The van der Waals surface area contributed by atoms with Crippen molar-refractivity contribution in [2.45, 2.75) is 46.3 Å². The highest BCUT2D eigenvalue weighted by atomic mass is 35.5. The predicted octanol–water partition coefficient (Wildman–Crippen LogP) is 1.90. The zero-order valence-corrected chi connectivity index (χ0v) is 19.5. The molecule has 1 unspecified atom stereocenters. The molecule has 1 aliphatic rings. The summed E-state index contributed by atoms with van der Waals surface area (Å²) in [6, 6.07) is 7.49. The molecule has 31 heavy (non-hydrogen) atoms. The van der Waals surface area contributed by atoms with E-state index >= 15 is 0 Å². The second-order valence-electron chi connectivity index (χ2n) is 8.17. The maximum atomic E-state index is 11.6. The minimum Gasteiger partial charge on any atom is -0.391 e. The summed E-state index contributed by atoms with van der Waals surface area (Å²) in [6.45, 7) is 7.95. The van der Waals surface area contributed by atoms with Crippen molar-refractivity contribution in [1.82, 2.24) is 15.5 Å². The lowest BCUT2D eigenvalue weighted by atomic mass is 9.92. The van der Waals surface area contributed by atoms with Crippen LogP contribution in [0.1, 0.15) is 44.7 Å². The van der Waals surface area contributed by atoms with Gasteiger partial charge in [0, 0.05) is 38.7 Å². The number of nitrogens with one attached hydrogen (secondary N) is 2. The van der Waals surface area contributed by atoms with Gasteiger partial charge in [-0.2, -0.15) is 0 Å². The number of alkyl halides is 1. The van der Waals surface area contributed by atoms with Gasteiger partial charge in [0.05, 0.1) is 6.10 Å². The molecule has 1 aliphatic heterocycles. The molecule has 3 amide bonds. The van der Waals surface area contributed by atoms with E-state index in [2.05, 4.69) is 37.3 Å². The highest BCUT2D eigenvalue weighted by molar-refractivity contribution is 6.27. The Labute approximate surface area is 190 Å². The van der Waals surface area contributed by atoms with Gasteiger partial charge in [-0.1, -0.05) is 38.8 Å². The first-order chi connectivity index (χ1) is 14.6. The van der Waals surface area contributed by atoms with E-state index in [1.54, 1.807) is 11.9 Å². The lowest BCUT2D eigenvalue weighted by Crippen LogP contribution is -2.32. The van der Waals surface area contributed by atoms with Gasteiger partial charge in [-0.25, -0.2) is 0 Å². The lowest BCUT2D eigenvalue weighted by molar-refractivity contribution is -0.132. The second kappa shape index (κ2) is 15.3. The number of aliphatic hydroxyl groups excluding tert-OH is 1. The fourth-order valence-corrected chi connectivity index (χ4v) is 2.61. The summed E-state index contributed by atoms with van der Waals surface area (Å²) in [6.07, 6.45) is 6.85. The molecule has 0 radical (unpaired) electrons. The zero-order chi connectivity index (χ0) is 23.9. The molecule has 1 heterocycles. The number of terminal acetylenes is 1. The minimum atomic E-state index is -0.302. The fraction of sp³-hybridized carbons (Fsp3) is 0.522. The smallest absolute Gasteiger partial charge is 0.234 e. The van der Waals surface area contributed by atoms with Crippen LogP contribution in [0.15, 0.2) is 24.3 Å². The Hall–Kier alpha value is -2.56. The number of benzene rings is 1. The van der Waals surface area contributed by atoms with Crippen LogP contribution in [0.5, 0.6) is 0 Å². The molecular formula is C23H34ClN3O4. The number of amides is 3. The van der Waals surface area contributed by atoms with Gasteiger partial charge in [0.1, 0.15) is 5.88 Å². The van der Waals surface area contributed by atoms with Crippen molar-refractivity contribution >= 4 is 29.8 Å². The number of carbonyl (C=O) groups excluding carboxylic acids is 3. The maximum absolute atomic E-state index is 11.6. The van der Waals surface area contributed by atoms with Crippen molar-refractivity contribution in [3.05, 3.63) is 35.4 Å². The quantitative estimate of drug-likeness (QED) is 0.361. The third kappa shape index (κ3) is 14.1. The topological polar surface area (TPSA) is 98.7 Å². The number of hydrogen-bond donors (Lipinski definition) is 3. The van der Waals surface area contributed by atoms with Crippen LogP contribution in [0.3, 0.4) is 0 Å². The van der Waals surface area contributed by atoms with E-state index in [1.165, 1.54) is 0 Å². The van der Waals surface area contributed by atoms with E-state index in [1.807, 2.05) is 24.3 Å².